The van der Waals surface area contributed by atoms with E-state index in [1.165, 1.54) is 7.11 Å². The first-order valence-electron chi connectivity index (χ1n) is 5.10. The molecule has 0 amide bonds. The number of carbonyl (C=O) groups excluding carboxylic acids is 1. The van der Waals surface area contributed by atoms with Gasteiger partial charge in [0.25, 0.3) is 0 Å². The van der Waals surface area contributed by atoms with Gasteiger partial charge in [-0.15, -0.1) is 11.3 Å². The molecule has 0 fully saturated rings. The summed E-state index contributed by atoms with van der Waals surface area (Å²) in [4.78, 5) is 15.9. The van der Waals surface area contributed by atoms with Crippen LogP contribution < -0.4 is 11.1 Å². The van der Waals surface area contributed by atoms with E-state index in [2.05, 4.69) is 19.4 Å². The quantitative estimate of drug-likeness (QED) is 0.833. The van der Waals surface area contributed by atoms with Gasteiger partial charge in [-0.3, -0.25) is 0 Å². The van der Waals surface area contributed by atoms with E-state index < -0.39 is 5.97 Å². The van der Waals surface area contributed by atoms with Crippen LogP contribution in [0.5, 0.6) is 0 Å². The predicted octanol–water partition coefficient (Wildman–Crippen LogP) is 1.89. The first-order valence-corrected chi connectivity index (χ1v) is 6.75. The van der Waals surface area contributed by atoms with Crippen LogP contribution in [-0.2, 0) is 11.3 Å². The molecule has 0 unspecified atom stereocenters. The fraction of sp³-hybridized carbons (Fsp3) is 0.300. The summed E-state index contributed by atoms with van der Waals surface area (Å²) in [6.45, 7) is 2.47. The number of hydrogen-bond donors (Lipinski definition) is 2. The fourth-order valence-corrected chi connectivity index (χ4v) is 2.77. The summed E-state index contributed by atoms with van der Waals surface area (Å²) >= 11 is 2.69. The van der Waals surface area contributed by atoms with Crippen LogP contribution in [0.15, 0.2) is 5.38 Å². The zero-order valence-electron chi connectivity index (χ0n) is 9.89. The molecule has 0 aromatic carbocycles. The minimum atomic E-state index is -0.487. The summed E-state index contributed by atoms with van der Waals surface area (Å²) in [6, 6.07) is 0. The van der Waals surface area contributed by atoms with E-state index in [4.69, 9.17) is 5.73 Å². The summed E-state index contributed by atoms with van der Waals surface area (Å²) < 4.78 is 8.61. The number of nitrogens with two attached hydrogens (primary N) is 1. The van der Waals surface area contributed by atoms with Crippen LogP contribution in [0.2, 0.25) is 0 Å². The number of thiazole rings is 1. The van der Waals surface area contributed by atoms with E-state index in [1.54, 1.807) is 11.3 Å². The second-order valence-corrected chi connectivity index (χ2v) is 5.22. The lowest BCUT2D eigenvalue weighted by atomic mass is 10.3. The number of ether oxygens (including phenoxy) is 1. The number of esters is 1. The monoisotopic (exact) mass is 284 g/mol. The number of nitrogens with zero attached hydrogens (tertiary/aromatic N) is 2. The van der Waals surface area contributed by atoms with Crippen molar-refractivity contribution in [1.82, 2.24) is 9.36 Å². The second kappa shape index (κ2) is 5.32. The molecule has 0 saturated carbocycles. The summed E-state index contributed by atoms with van der Waals surface area (Å²) in [5, 5.41) is 6.62. The normalized spacial score (nSPS) is 10.3. The first kappa shape index (κ1) is 12.8. The Morgan fingerprint density at radius 3 is 3.00 bits per heavy atom. The van der Waals surface area contributed by atoms with Crippen molar-refractivity contribution < 1.29 is 9.53 Å². The molecule has 18 heavy (non-hydrogen) atoms. The Labute approximate surface area is 112 Å². The van der Waals surface area contributed by atoms with E-state index in [0.29, 0.717) is 11.5 Å². The average molecular weight is 284 g/mol. The van der Waals surface area contributed by atoms with Crippen molar-refractivity contribution in [1.29, 1.82) is 0 Å². The van der Waals surface area contributed by atoms with Crippen molar-refractivity contribution in [3.8, 4) is 0 Å². The van der Waals surface area contributed by atoms with Gasteiger partial charge in [0.2, 0.25) is 0 Å². The fourth-order valence-electron chi connectivity index (χ4n) is 1.36. The van der Waals surface area contributed by atoms with Gasteiger partial charge in [0.1, 0.15) is 15.6 Å². The zero-order valence-corrected chi connectivity index (χ0v) is 11.5. The Kier molecular flexibility index (Phi) is 3.78. The maximum atomic E-state index is 11.5. The molecule has 0 atom stereocenters. The maximum Gasteiger partial charge on any atom is 0.344 e. The molecule has 8 heteroatoms. The van der Waals surface area contributed by atoms with Crippen molar-refractivity contribution in [2.24, 2.45) is 0 Å². The molecular formula is C10H12N4O2S2. The molecule has 3 N–H and O–H groups in total. The van der Waals surface area contributed by atoms with Crippen molar-refractivity contribution in [2.75, 3.05) is 18.2 Å². The highest BCUT2D eigenvalue weighted by atomic mass is 32.1. The van der Waals surface area contributed by atoms with Crippen LogP contribution in [0.3, 0.4) is 0 Å². The topological polar surface area (TPSA) is 90.1 Å². The molecule has 0 saturated heterocycles. The minimum absolute atomic E-state index is 0.185. The van der Waals surface area contributed by atoms with E-state index in [-0.39, 0.29) is 11.4 Å². The highest BCUT2D eigenvalue weighted by Gasteiger charge is 2.19. The van der Waals surface area contributed by atoms with Crippen LogP contribution in [-0.4, -0.2) is 22.4 Å². The van der Waals surface area contributed by atoms with E-state index in [9.17, 15) is 4.79 Å². The number of aryl methyl sites for hydroxylation is 1. The van der Waals surface area contributed by atoms with Gasteiger partial charge in [0, 0.05) is 11.1 Å². The number of anilines is 2. The molecular weight excluding hydrogens is 272 g/mol. The van der Waals surface area contributed by atoms with Gasteiger partial charge in [-0.2, -0.15) is 4.37 Å². The molecule has 0 aliphatic heterocycles. The minimum Gasteiger partial charge on any atom is -0.465 e. The smallest absolute Gasteiger partial charge is 0.344 e. The summed E-state index contributed by atoms with van der Waals surface area (Å²) in [5.41, 5.74) is 6.90. The summed E-state index contributed by atoms with van der Waals surface area (Å²) in [6.07, 6.45) is 0. The Morgan fingerprint density at radius 1 is 1.61 bits per heavy atom. The van der Waals surface area contributed by atoms with Gasteiger partial charge in [-0.1, -0.05) is 0 Å². The van der Waals surface area contributed by atoms with Crippen LogP contribution in [0.25, 0.3) is 0 Å². The molecule has 6 nitrogen and oxygen atoms in total. The first-order chi connectivity index (χ1) is 8.61. The number of nitrogens with one attached hydrogen (secondary N) is 1. The van der Waals surface area contributed by atoms with E-state index in [1.807, 2.05) is 12.3 Å². The van der Waals surface area contributed by atoms with Gasteiger partial charge >= 0.3 is 5.97 Å². The third-order valence-corrected chi connectivity index (χ3v) is 3.96. The Balaban J connectivity index is 2.12. The van der Waals surface area contributed by atoms with Gasteiger partial charge in [0.15, 0.2) is 5.82 Å². The zero-order chi connectivity index (χ0) is 13.1. The van der Waals surface area contributed by atoms with Gasteiger partial charge < -0.3 is 15.8 Å². The molecule has 2 heterocycles. The second-order valence-electron chi connectivity index (χ2n) is 3.50. The number of aromatic nitrogens is 2. The standard InChI is InChI=1S/C10H12N4O2S2/c1-5-4-17-6(13-5)3-12-9-7(10(15)16-2)8(11)14-18-9/h4,12H,3H2,1-2H3,(H2,11,14). The lowest BCUT2D eigenvalue weighted by Gasteiger charge is -2.03. The number of rotatable bonds is 4. The largest absolute Gasteiger partial charge is 0.465 e. The Bertz CT molecular complexity index is 564. The molecule has 0 radical (unpaired) electrons. The number of methoxy groups -OCH3 is 1. The average Bonchev–Trinajstić information content (AvgIpc) is 2.92. The lowest BCUT2D eigenvalue weighted by molar-refractivity contribution is 0.0603. The third-order valence-electron chi connectivity index (χ3n) is 2.17. The van der Waals surface area contributed by atoms with E-state index >= 15 is 0 Å². The molecule has 0 spiro atoms. The highest BCUT2D eigenvalue weighted by molar-refractivity contribution is 7.11. The molecule has 0 bridgehead atoms. The molecule has 96 valence electrons. The molecule has 2 aromatic rings. The van der Waals surface area contributed by atoms with Gasteiger partial charge in [0.05, 0.1) is 13.7 Å². The lowest BCUT2D eigenvalue weighted by Crippen LogP contribution is -2.08. The maximum absolute atomic E-state index is 11.5. The summed E-state index contributed by atoms with van der Waals surface area (Å²) in [5.74, 6) is -0.302. The molecule has 0 aliphatic carbocycles. The van der Waals surface area contributed by atoms with Gasteiger partial charge in [-0.25, -0.2) is 9.78 Å². The SMILES string of the molecule is COC(=O)c1c(N)nsc1NCc1nc(C)cs1. The van der Waals surface area contributed by atoms with Gasteiger partial charge in [-0.05, 0) is 18.5 Å². The predicted molar refractivity (Wildman–Crippen MR) is 72.0 cm³/mol. The number of nitrogen functional groups attached to an aromatic ring is 1. The summed E-state index contributed by atoms with van der Waals surface area (Å²) in [7, 11) is 1.31. The molecule has 2 rings (SSSR count). The third kappa shape index (κ3) is 2.59. The van der Waals surface area contributed by atoms with Crippen LogP contribution in [0.4, 0.5) is 10.8 Å². The number of hydrogen-bond acceptors (Lipinski definition) is 8. The number of carbonyl (C=O) groups is 1. The van der Waals surface area contributed by atoms with Crippen LogP contribution in [0.1, 0.15) is 21.1 Å². The van der Waals surface area contributed by atoms with Crippen molar-refractivity contribution in [3.05, 3.63) is 21.6 Å². The van der Waals surface area contributed by atoms with Crippen molar-refractivity contribution >= 4 is 39.7 Å². The van der Waals surface area contributed by atoms with Crippen molar-refractivity contribution in [2.45, 2.75) is 13.5 Å². The molecule has 2 aromatic heterocycles. The molecule has 0 aliphatic rings. The Morgan fingerprint density at radius 2 is 2.39 bits per heavy atom. The van der Waals surface area contributed by atoms with Crippen LogP contribution >= 0.6 is 22.9 Å². The van der Waals surface area contributed by atoms with E-state index in [0.717, 1.165) is 22.2 Å². The Hall–Kier alpha value is -1.67. The van der Waals surface area contributed by atoms with Crippen molar-refractivity contribution in [3.63, 3.8) is 0 Å². The van der Waals surface area contributed by atoms with Crippen LogP contribution in [0, 0.1) is 6.92 Å². The highest BCUT2D eigenvalue weighted by Crippen LogP contribution is 2.28.